The van der Waals surface area contributed by atoms with Crippen molar-refractivity contribution in [3.8, 4) is 27.9 Å². The van der Waals surface area contributed by atoms with Crippen molar-refractivity contribution in [3.05, 3.63) is 202 Å². The van der Waals surface area contributed by atoms with Gasteiger partial charge >= 0.3 is 0 Å². The summed E-state index contributed by atoms with van der Waals surface area (Å²) in [5.74, 6) is 0. The summed E-state index contributed by atoms with van der Waals surface area (Å²) in [5.41, 5.74) is 18.7. The van der Waals surface area contributed by atoms with Crippen molar-refractivity contribution < 1.29 is 0 Å². The predicted octanol–water partition coefficient (Wildman–Crippen LogP) is 12.7. The molecule has 7 aromatic carbocycles. The average Bonchev–Trinajstić information content (AvgIpc) is 3.74. The molecule has 3 heteroatoms. The van der Waals surface area contributed by atoms with Crippen molar-refractivity contribution >= 4 is 48.5 Å². The fourth-order valence-corrected chi connectivity index (χ4v) is 12.0. The SMILES string of the molecule is C1=Cc2c(c3c4sc5c(-c6cccc(C7N[C@@H]7c7ccccc7)c6)cccc5c4cc4c3n2-c2ccccc2C42c3ccccc3-c3ccccc32)CC1. The zero-order valence-electron chi connectivity index (χ0n) is 29.5. The van der Waals surface area contributed by atoms with Crippen LogP contribution in [0, 0.1) is 0 Å². The van der Waals surface area contributed by atoms with Crippen LogP contribution in [-0.2, 0) is 11.8 Å². The van der Waals surface area contributed by atoms with Gasteiger partial charge in [0.2, 0.25) is 0 Å². The molecule has 2 aliphatic heterocycles. The van der Waals surface area contributed by atoms with E-state index in [1.54, 1.807) is 0 Å². The fourth-order valence-electron chi connectivity index (χ4n) is 10.7. The smallest absolute Gasteiger partial charge is 0.0754 e. The quantitative estimate of drug-likeness (QED) is 0.182. The fraction of sp³-hybridized carbons (Fsp3) is 0.0980. The Labute approximate surface area is 317 Å². The zero-order valence-corrected chi connectivity index (χ0v) is 30.3. The van der Waals surface area contributed by atoms with E-state index in [0.717, 1.165) is 12.8 Å². The standard InChI is InChI=1S/C51H34N2S/c1-2-14-30(15-3-1)46-47(52-46)32-17-12-16-31(28-32)33-21-13-22-36-38-29-42-48-45(50(38)54-49(33)36)37-20-6-10-26-43(37)53(48)44-27-11-9-25-41(44)51(42)39-23-7-4-18-34(39)35-19-5-8-24-40(35)51/h1-5,7-19,21-29,46-47,52H,6,20H2/t46-,47?/m1/s1. The lowest BCUT2D eigenvalue weighted by Gasteiger charge is -2.39. The molecule has 4 aliphatic rings. The van der Waals surface area contributed by atoms with E-state index >= 15 is 0 Å². The number of fused-ring (bicyclic) bond motifs is 16. The highest BCUT2D eigenvalue weighted by molar-refractivity contribution is 7.27. The first-order chi connectivity index (χ1) is 26.8. The monoisotopic (exact) mass is 706 g/mol. The second-order valence-electron chi connectivity index (χ2n) is 15.5. The van der Waals surface area contributed by atoms with Crippen molar-refractivity contribution in [1.29, 1.82) is 0 Å². The summed E-state index contributed by atoms with van der Waals surface area (Å²) in [4.78, 5) is 0. The summed E-state index contributed by atoms with van der Waals surface area (Å²) in [6, 6.07) is 58.0. The van der Waals surface area contributed by atoms with Crippen LogP contribution in [0.4, 0.5) is 0 Å². The van der Waals surface area contributed by atoms with Crippen LogP contribution in [0.2, 0.25) is 0 Å². The normalized spacial score (nSPS) is 18.2. The van der Waals surface area contributed by atoms with Gasteiger partial charge in [0, 0.05) is 31.3 Å². The van der Waals surface area contributed by atoms with Gasteiger partial charge in [-0.3, -0.25) is 5.32 Å². The number of nitrogens with one attached hydrogen (secondary N) is 1. The van der Waals surface area contributed by atoms with E-state index in [1.807, 2.05) is 11.3 Å². The molecule has 1 saturated heterocycles. The van der Waals surface area contributed by atoms with Gasteiger partial charge in [-0.2, -0.15) is 0 Å². The van der Waals surface area contributed by atoms with Gasteiger partial charge < -0.3 is 4.57 Å². The van der Waals surface area contributed by atoms with E-state index in [1.165, 1.54) is 104 Å². The second-order valence-corrected chi connectivity index (χ2v) is 16.5. The van der Waals surface area contributed by atoms with Crippen molar-refractivity contribution in [2.24, 2.45) is 0 Å². The van der Waals surface area contributed by atoms with Gasteiger partial charge in [0.15, 0.2) is 0 Å². The Bertz CT molecular complexity index is 3060. The molecular weight excluding hydrogens is 673 g/mol. The maximum Gasteiger partial charge on any atom is 0.0754 e. The Morgan fingerprint density at radius 3 is 2.09 bits per heavy atom. The molecule has 54 heavy (non-hydrogen) atoms. The van der Waals surface area contributed by atoms with Crippen LogP contribution in [0.15, 0.2) is 158 Å². The molecule has 9 aromatic rings. The first kappa shape index (κ1) is 29.5. The van der Waals surface area contributed by atoms with Crippen LogP contribution in [0.1, 0.15) is 63.1 Å². The Morgan fingerprint density at radius 1 is 0.574 bits per heavy atom. The van der Waals surface area contributed by atoms with Gasteiger partial charge in [-0.25, -0.2) is 0 Å². The molecule has 0 radical (unpaired) electrons. The van der Waals surface area contributed by atoms with Crippen LogP contribution >= 0.6 is 11.3 Å². The van der Waals surface area contributed by atoms with Gasteiger partial charge in [0.25, 0.3) is 0 Å². The van der Waals surface area contributed by atoms with Crippen molar-refractivity contribution in [2.75, 3.05) is 0 Å². The Morgan fingerprint density at radius 2 is 1.26 bits per heavy atom. The van der Waals surface area contributed by atoms with E-state index in [2.05, 4.69) is 174 Å². The summed E-state index contributed by atoms with van der Waals surface area (Å²) < 4.78 is 5.41. The van der Waals surface area contributed by atoms with E-state index < -0.39 is 5.41 Å². The lowest BCUT2D eigenvalue weighted by atomic mass is 9.65. The number of hydrogen-bond donors (Lipinski definition) is 1. The molecular formula is C51H34N2S. The van der Waals surface area contributed by atoms with Crippen LogP contribution < -0.4 is 5.32 Å². The van der Waals surface area contributed by atoms with Gasteiger partial charge in [-0.05, 0) is 98.3 Å². The molecule has 1 N–H and O–H groups in total. The number of thiophene rings is 1. The number of hydrogen-bond acceptors (Lipinski definition) is 2. The number of aryl methyl sites for hydroxylation is 1. The van der Waals surface area contributed by atoms with Gasteiger partial charge in [-0.15, -0.1) is 11.3 Å². The van der Waals surface area contributed by atoms with Crippen molar-refractivity contribution in [3.63, 3.8) is 0 Å². The van der Waals surface area contributed by atoms with Crippen molar-refractivity contribution in [1.82, 2.24) is 9.88 Å². The van der Waals surface area contributed by atoms with E-state index in [4.69, 9.17) is 0 Å². The summed E-state index contributed by atoms with van der Waals surface area (Å²) >= 11 is 2.00. The second kappa shape index (κ2) is 10.6. The third kappa shape index (κ3) is 3.64. The van der Waals surface area contributed by atoms with Crippen LogP contribution in [-0.4, -0.2) is 4.57 Å². The summed E-state index contributed by atoms with van der Waals surface area (Å²) in [7, 11) is 0. The lowest BCUT2D eigenvalue weighted by molar-refractivity contribution is 0.744. The highest BCUT2D eigenvalue weighted by Gasteiger charge is 2.51. The first-order valence-corrected chi connectivity index (χ1v) is 20.1. The van der Waals surface area contributed by atoms with Gasteiger partial charge in [0.05, 0.1) is 28.7 Å². The lowest BCUT2D eigenvalue weighted by Crippen LogP contribution is -2.33. The first-order valence-electron chi connectivity index (χ1n) is 19.2. The molecule has 2 atom stereocenters. The van der Waals surface area contributed by atoms with Crippen molar-refractivity contribution in [2.45, 2.75) is 30.3 Å². The van der Waals surface area contributed by atoms with Crippen LogP contribution in [0.25, 0.3) is 65.1 Å². The number of nitrogens with zero attached hydrogens (tertiary/aromatic N) is 1. The van der Waals surface area contributed by atoms with Gasteiger partial charge in [0.1, 0.15) is 0 Å². The minimum Gasteiger partial charge on any atom is -0.309 e. The number of rotatable bonds is 3. The maximum absolute atomic E-state index is 3.75. The summed E-state index contributed by atoms with van der Waals surface area (Å²) in [5, 5.41) is 7.92. The van der Waals surface area contributed by atoms with Gasteiger partial charge in [-0.1, -0.05) is 140 Å². The number of para-hydroxylation sites is 1. The molecule has 0 bridgehead atoms. The minimum atomic E-state index is -0.427. The highest BCUT2D eigenvalue weighted by atomic mass is 32.1. The number of benzene rings is 7. The molecule has 0 saturated carbocycles. The topological polar surface area (TPSA) is 26.9 Å². The van der Waals surface area contributed by atoms with Crippen LogP contribution in [0.3, 0.4) is 0 Å². The van der Waals surface area contributed by atoms with Crippen LogP contribution in [0.5, 0.6) is 0 Å². The zero-order chi connectivity index (χ0) is 35.1. The molecule has 2 aromatic heterocycles. The maximum atomic E-state index is 3.75. The molecule has 254 valence electrons. The molecule has 2 aliphatic carbocycles. The molecule has 13 rings (SSSR count). The molecule has 1 fully saturated rings. The Balaban J connectivity index is 1.12. The minimum absolute atomic E-state index is 0.340. The number of aromatic nitrogens is 1. The molecule has 2 nitrogen and oxygen atoms in total. The average molecular weight is 707 g/mol. The molecule has 1 spiro atoms. The number of allylic oxidation sites excluding steroid dienone is 1. The van der Waals surface area contributed by atoms with E-state index in [0.29, 0.717) is 12.1 Å². The summed E-state index contributed by atoms with van der Waals surface area (Å²) in [6.07, 6.45) is 6.90. The predicted molar refractivity (Wildman–Crippen MR) is 225 cm³/mol. The Hall–Kier alpha value is -6.00. The summed E-state index contributed by atoms with van der Waals surface area (Å²) in [6.45, 7) is 0. The Kier molecular flexibility index (Phi) is 5.77. The largest absolute Gasteiger partial charge is 0.309 e. The molecule has 4 heterocycles. The van der Waals surface area contributed by atoms with E-state index in [-0.39, 0.29) is 0 Å². The van der Waals surface area contributed by atoms with E-state index in [9.17, 15) is 0 Å². The molecule has 0 amide bonds. The third-order valence-corrected chi connectivity index (χ3v) is 14.1. The molecule has 1 unspecified atom stereocenters. The third-order valence-electron chi connectivity index (χ3n) is 12.9. The highest BCUT2D eigenvalue weighted by Crippen LogP contribution is 2.62.